The van der Waals surface area contributed by atoms with E-state index in [2.05, 4.69) is 20.7 Å². The third-order valence-corrected chi connectivity index (χ3v) is 4.52. The average molecular weight is 391 g/mol. The maximum atomic E-state index is 13.0. The van der Waals surface area contributed by atoms with Crippen LogP contribution in [0.25, 0.3) is 5.82 Å². The van der Waals surface area contributed by atoms with Gasteiger partial charge in [-0.05, 0) is 42.7 Å². The Morgan fingerprint density at radius 3 is 2.52 bits per heavy atom. The van der Waals surface area contributed by atoms with E-state index < -0.39 is 0 Å². The summed E-state index contributed by atoms with van der Waals surface area (Å²) in [4.78, 5) is 28.6. The van der Waals surface area contributed by atoms with Crippen molar-refractivity contribution in [1.29, 1.82) is 0 Å². The standard InChI is InChI=1S/C22H25N5O2/c1-14(2)21-19(13-24-27(21)20-10-5-6-11-23-20)22(29)25-15(3)17-8-7-9-18(12-17)26-16(4)28/h5-15H,1-4H3,(H,25,29)(H,26,28). The number of anilines is 1. The molecule has 1 unspecified atom stereocenters. The molecule has 2 aromatic heterocycles. The lowest BCUT2D eigenvalue weighted by atomic mass is 10.0. The number of benzene rings is 1. The van der Waals surface area contributed by atoms with Gasteiger partial charge in [0.05, 0.1) is 23.5 Å². The summed E-state index contributed by atoms with van der Waals surface area (Å²) < 4.78 is 1.71. The molecule has 0 spiro atoms. The molecule has 7 nitrogen and oxygen atoms in total. The maximum absolute atomic E-state index is 13.0. The van der Waals surface area contributed by atoms with Crippen LogP contribution in [-0.4, -0.2) is 26.6 Å². The molecule has 2 heterocycles. The first-order valence-corrected chi connectivity index (χ1v) is 9.54. The molecule has 0 bridgehead atoms. The molecule has 3 aromatic rings. The van der Waals surface area contributed by atoms with Crippen molar-refractivity contribution in [3.05, 3.63) is 71.7 Å². The molecule has 0 saturated carbocycles. The second kappa shape index (κ2) is 8.68. The van der Waals surface area contributed by atoms with Gasteiger partial charge in [0.1, 0.15) is 0 Å². The number of pyridine rings is 1. The molecule has 150 valence electrons. The zero-order valence-corrected chi connectivity index (χ0v) is 17.0. The van der Waals surface area contributed by atoms with Crippen molar-refractivity contribution in [3.8, 4) is 5.82 Å². The lowest BCUT2D eigenvalue weighted by Gasteiger charge is -2.17. The van der Waals surface area contributed by atoms with Crippen molar-refractivity contribution in [1.82, 2.24) is 20.1 Å². The number of carbonyl (C=O) groups excluding carboxylic acids is 2. The SMILES string of the molecule is CC(=O)Nc1cccc(C(C)NC(=O)c2cnn(-c3ccccn3)c2C(C)C)c1. The van der Waals surface area contributed by atoms with Crippen molar-refractivity contribution in [2.75, 3.05) is 5.32 Å². The highest BCUT2D eigenvalue weighted by molar-refractivity contribution is 5.95. The molecule has 7 heteroatoms. The van der Waals surface area contributed by atoms with E-state index in [9.17, 15) is 9.59 Å². The van der Waals surface area contributed by atoms with Crippen LogP contribution in [-0.2, 0) is 4.79 Å². The fourth-order valence-electron chi connectivity index (χ4n) is 3.20. The molecule has 0 aliphatic carbocycles. The van der Waals surface area contributed by atoms with E-state index >= 15 is 0 Å². The molecule has 29 heavy (non-hydrogen) atoms. The number of aromatic nitrogens is 3. The summed E-state index contributed by atoms with van der Waals surface area (Å²) >= 11 is 0. The van der Waals surface area contributed by atoms with Gasteiger partial charge < -0.3 is 10.6 Å². The van der Waals surface area contributed by atoms with Gasteiger partial charge in [0.25, 0.3) is 5.91 Å². The van der Waals surface area contributed by atoms with Crippen LogP contribution in [0.5, 0.6) is 0 Å². The van der Waals surface area contributed by atoms with Gasteiger partial charge in [0, 0.05) is 18.8 Å². The lowest BCUT2D eigenvalue weighted by Crippen LogP contribution is -2.27. The summed E-state index contributed by atoms with van der Waals surface area (Å²) in [5.74, 6) is 0.417. The molecule has 1 aromatic carbocycles. The molecule has 0 aliphatic rings. The highest BCUT2D eigenvalue weighted by Gasteiger charge is 2.22. The fraction of sp³-hybridized carbons (Fsp3) is 0.273. The minimum Gasteiger partial charge on any atom is -0.345 e. The first-order valence-electron chi connectivity index (χ1n) is 9.54. The molecular formula is C22H25N5O2. The Balaban J connectivity index is 1.84. The van der Waals surface area contributed by atoms with E-state index in [0.29, 0.717) is 17.1 Å². The monoisotopic (exact) mass is 391 g/mol. The molecular weight excluding hydrogens is 366 g/mol. The van der Waals surface area contributed by atoms with E-state index in [-0.39, 0.29) is 23.8 Å². The van der Waals surface area contributed by atoms with Gasteiger partial charge in [0.15, 0.2) is 5.82 Å². The van der Waals surface area contributed by atoms with E-state index in [0.717, 1.165) is 11.3 Å². The summed E-state index contributed by atoms with van der Waals surface area (Å²) in [6.07, 6.45) is 3.28. The maximum Gasteiger partial charge on any atom is 0.255 e. The normalized spacial score (nSPS) is 11.9. The first-order chi connectivity index (χ1) is 13.9. The summed E-state index contributed by atoms with van der Waals surface area (Å²) in [6.45, 7) is 7.41. The molecule has 2 amide bonds. The topological polar surface area (TPSA) is 88.9 Å². The second-order valence-corrected chi connectivity index (χ2v) is 7.20. The third-order valence-electron chi connectivity index (χ3n) is 4.52. The minimum absolute atomic E-state index is 0.0821. The number of nitrogens with zero attached hydrogens (tertiary/aromatic N) is 3. The average Bonchev–Trinajstić information content (AvgIpc) is 3.14. The molecule has 1 atom stereocenters. The number of rotatable bonds is 6. The molecule has 0 saturated heterocycles. The molecule has 0 radical (unpaired) electrons. The van der Waals surface area contributed by atoms with Crippen molar-refractivity contribution in [2.45, 2.75) is 39.7 Å². The highest BCUT2D eigenvalue weighted by Crippen LogP contribution is 2.24. The van der Waals surface area contributed by atoms with Crippen molar-refractivity contribution < 1.29 is 9.59 Å². The smallest absolute Gasteiger partial charge is 0.255 e. The van der Waals surface area contributed by atoms with Gasteiger partial charge >= 0.3 is 0 Å². The van der Waals surface area contributed by atoms with Crippen LogP contribution < -0.4 is 10.6 Å². The summed E-state index contributed by atoms with van der Waals surface area (Å²) in [7, 11) is 0. The number of hydrogen-bond donors (Lipinski definition) is 2. The molecule has 0 aliphatic heterocycles. The van der Waals surface area contributed by atoms with Crippen LogP contribution >= 0.6 is 0 Å². The van der Waals surface area contributed by atoms with Gasteiger partial charge in [-0.3, -0.25) is 9.59 Å². The van der Waals surface area contributed by atoms with E-state index in [1.54, 1.807) is 17.1 Å². The Morgan fingerprint density at radius 1 is 1.07 bits per heavy atom. The van der Waals surface area contributed by atoms with Crippen LogP contribution in [0.1, 0.15) is 61.3 Å². The molecule has 0 fully saturated rings. The summed E-state index contributed by atoms with van der Waals surface area (Å²) in [5.41, 5.74) is 2.92. The predicted octanol–water partition coefficient (Wildman–Crippen LogP) is 3.84. The zero-order chi connectivity index (χ0) is 21.0. The van der Waals surface area contributed by atoms with Crippen molar-refractivity contribution in [2.24, 2.45) is 0 Å². The van der Waals surface area contributed by atoms with Crippen molar-refractivity contribution in [3.63, 3.8) is 0 Å². The van der Waals surface area contributed by atoms with E-state index in [1.165, 1.54) is 6.92 Å². The van der Waals surface area contributed by atoms with Gasteiger partial charge in [-0.15, -0.1) is 0 Å². The van der Waals surface area contributed by atoms with Gasteiger partial charge in [-0.1, -0.05) is 32.0 Å². The Labute approximate surface area is 170 Å². The van der Waals surface area contributed by atoms with Gasteiger partial charge in [-0.2, -0.15) is 5.10 Å². The molecule has 2 N–H and O–H groups in total. The number of amides is 2. The third kappa shape index (κ3) is 4.68. The Morgan fingerprint density at radius 2 is 1.86 bits per heavy atom. The molecule has 3 rings (SSSR count). The Bertz CT molecular complexity index is 1010. The van der Waals surface area contributed by atoms with Crippen molar-refractivity contribution >= 4 is 17.5 Å². The Hall–Kier alpha value is -3.48. The zero-order valence-electron chi connectivity index (χ0n) is 17.0. The quantitative estimate of drug-likeness (QED) is 0.668. The van der Waals surface area contributed by atoms with Crippen LogP contribution in [0.4, 0.5) is 5.69 Å². The highest BCUT2D eigenvalue weighted by atomic mass is 16.2. The second-order valence-electron chi connectivity index (χ2n) is 7.20. The first kappa shape index (κ1) is 20.3. The number of nitrogens with one attached hydrogen (secondary N) is 2. The van der Waals surface area contributed by atoms with Crippen LogP contribution in [0.2, 0.25) is 0 Å². The van der Waals surface area contributed by atoms with Crippen LogP contribution in [0.3, 0.4) is 0 Å². The summed E-state index contributed by atoms with van der Waals surface area (Å²) in [6, 6.07) is 12.8. The van der Waals surface area contributed by atoms with Gasteiger partial charge in [-0.25, -0.2) is 9.67 Å². The van der Waals surface area contributed by atoms with E-state index in [4.69, 9.17) is 0 Å². The Kier molecular flexibility index (Phi) is 6.07. The summed E-state index contributed by atoms with van der Waals surface area (Å²) in [5, 5.41) is 10.2. The van der Waals surface area contributed by atoms with E-state index in [1.807, 2.05) is 63.2 Å². The predicted molar refractivity (Wildman–Crippen MR) is 112 cm³/mol. The van der Waals surface area contributed by atoms with Gasteiger partial charge in [0.2, 0.25) is 5.91 Å². The minimum atomic E-state index is -0.241. The fourth-order valence-corrected chi connectivity index (χ4v) is 3.20. The van der Waals surface area contributed by atoms with Crippen LogP contribution in [0, 0.1) is 0 Å². The number of carbonyl (C=O) groups is 2. The van der Waals surface area contributed by atoms with Crippen LogP contribution in [0.15, 0.2) is 54.9 Å². The lowest BCUT2D eigenvalue weighted by molar-refractivity contribution is -0.114. The number of hydrogen-bond acceptors (Lipinski definition) is 4. The largest absolute Gasteiger partial charge is 0.345 e.